The summed E-state index contributed by atoms with van der Waals surface area (Å²) in [5.74, 6) is 3.02. The normalized spacial score (nSPS) is 14.4. The summed E-state index contributed by atoms with van der Waals surface area (Å²) in [4.78, 5) is 12.7. The van der Waals surface area contributed by atoms with E-state index in [0.717, 1.165) is 12.8 Å². The quantitative estimate of drug-likeness (QED) is 0.0549. The van der Waals surface area contributed by atoms with Crippen molar-refractivity contribution in [3.8, 4) is 17.2 Å². The minimum absolute atomic E-state index is 0.133. The van der Waals surface area contributed by atoms with E-state index in [1.165, 1.54) is 0 Å². The summed E-state index contributed by atoms with van der Waals surface area (Å²) in [5, 5.41) is 32.7. The Hall–Kier alpha value is -1.74. The van der Waals surface area contributed by atoms with Crippen molar-refractivity contribution in [2.75, 3.05) is 43.7 Å². The van der Waals surface area contributed by atoms with Gasteiger partial charge in [0.2, 0.25) is 0 Å². The van der Waals surface area contributed by atoms with E-state index in [2.05, 4.69) is 0 Å². The standard InChI is InChI=1S/3C9H12O2S.C7H13O2.Sn/c3*10-8(7-12)6-11-9-4-2-1-3-5-9;1-3-5-6-9-7(8)4-2;/h3*1-5,8,10,12H,6-7H2;2-6H2,1H3;/q;;;;+3/p-3. The fourth-order valence-electron chi connectivity index (χ4n) is 3.94. The van der Waals surface area contributed by atoms with Crippen molar-refractivity contribution in [1.29, 1.82) is 0 Å². The summed E-state index contributed by atoms with van der Waals surface area (Å²) in [6, 6.07) is 28.1. The summed E-state index contributed by atoms with van der Waals surface area (Å²) in [6.07, 6.45) is -0.221. The Labute approximate surface area is 285 Å². The van der Waals surface area contributed by atoms with Crippen molar-refractivity contribution < 1.29 is 39.1 Å². The van der Waals surface area contributed by atoms with Crippen LogP contribution in [0.15, 0.2) is 91.0 Å². The molecule has 0 radical (unpaired) electrons. The second-order valence-corrected chi connectivity index (χ2v) is 44.4. The van der Waals surface area contributed by atoms with E-state index in [-0.39, 0.29) is 32.2 Å². The van der Waals surface area contributed by atoms with Crippen molar-refractivity contribution in [2.24, 2.45) is 0 Å². The number of benzene rings is 3. The summed E-state index contributed by atoms with van der Waals surface area (Å²) in [7, 11) is 5.07. The number of aliphatic hydroxyl groups excluding tert-OH is 3. The first-order chi connectivity index (χ1) is 22.4. The second kappa shape index (κ2) is 22.8. The Kier molecular flexibility index (Phi) is 19.2. The van der Waals surface area contributed by atoms with Gasteiger partial charge < -0.3 is 0 Å². The van der Waals surface area contributed by atoms with Gasteiger partial charge in [-0.3, -0.25) is 0 Å². The van der Waals surface area contributed by atoms with Gasteiger partial charge in [0.1, 0.15) is 0 Å². The molecular formula is C34H46O8S3Sn. The van der Waals surface area contributed by atoms with Gasteiger partial charge in [0.25, 0.3) is 0 Å². The van der Waals surface area contributed by atoms with Gasteiger partial charge in [-0.05, 0) is 0 Å². The zero-order chi connectivity index (χ0) is 32.9. The average Bonchev–Trinajstić information content (AvgIpc) is 3.09. The first-order valence-corrected chi connectivity index (χ1v) is 31.0. The third-order valence-corrected chi connectivity index (χ3v) is 45.8. The molecular weight excluding hydrogens is 751 g/mol. The molecule has 0 bridgehead atoms. The van der Waals surface area contributed by atoms with Gasteiger partial charge in [-0.25, -0.2) is 0 Å². The predicted octanol–water partition coefficient (Wildman–Crippen LogP) is 6.18. The number of hydrogen-bond acceptors (Lipinski definition) is 11. The van der Waals surface area contributed by atoms with Crippen LogP contribution in [0.1, 0.15) is 26.2 Å². The van der Waals surface area contributed by atoms with Crippen LogP contribution in [0.2, 0.25) is 4.44 Å². The molecule has 8 nitrogen and oxygen atoms in total. The molecule has 3 aromatic rings. The Bertz CT molecular complexity index is 1080. The fraction of sp³-hybridized carbons (Fsp3) is 0.441. The van der Waals surface area contributed by atoms with Crippen molar-refractivity contribution in [3.05, 3.63) is 91.0 Å². The van der Waals surface area contributed by atoms with Crippen LogP contribution in [0.5, 0.6) is 17.2 Å². The van der Waals surface area contributed by atoms with Gasteiger partial charge in [0.15, 0.2) is 0 Å². The van der Waals surface area contributed by atoms with Crippen LogP contribution in [-0.4, -0.2) is 97.5 Å². The monoisotopic (exact) mass is 798 g/mol. The Morgan fingerprint density at radius 3 is 1.37 bits per heavy atom. The third kappa shape index (κ3) is 16.4. The number of ether oxygens (including phenoxy) is 4. The van der Waals surface area contributed by atoms with E-state index < -0.39 is 32.5 Å². The minimum atomic E-state index is -3.59. The summed E-state index contributed by atoms with van der Waals surface area (Å²) in [6.45, 7) is 2.84. The first kappa shape index (κ1) is 38.7. The molecule has 0 aliphatic rings. The molecule has 3 aromatic carbocycles. The molecule has 0 saturated heterocycles. The molecule has 0 spiro atoms. The maximum atomic E-state index is 12.7. The summed E-state index contributed by atoms with van der Waals surface area (Å²) >= 11 is -3.59. The van der Waals surface area contributed by atoms with Crippen LogP contribution in [0.3, 0.4) is 0 Å². The molecule has 0 aromatic heterocycles. The number of unbranched alkanes of at least 4 members (excludes halogenated alkanes) is 1. The molecule has 46 heavy (non-hydrogen) atoms. The van der Waals surface area contributed by atoms with E-state index in [1.54, 1.807) is 26.8 Å². The van der Waals surface area contributed by atoms with Crippen molar-refractivity contribution in [1.82, 2.24) is 0 Å². The first-order valence-electron chi connectivity index (χ1n) is 15.5. The van der Waals surface area contributed by atoms with E-state index in [1.807, 2.05) is 97.9 Å². The van der Waals surface area contributed by atoms with Crippen LogP contribution in [-0.2, 0) is 9.53 Å². The number of hydrogen-bond donors (Lipinski definition) is 3. The molecule has 0 heterocycles. The molecule has 252 valence electrons. The zero-order valence-electron chi connectivity index (χ0n) is 26.3. The number of carbonyl (C=O) groups excluding carboxylic acids is 1. The number of esters is 1. The SMILES string of the molecule is CCCCOC(=O)C[CH2][Sn]([S]CC(O)COc1ccccc1)([S]CC(O)COc1ccccc1)[S]CC(O)COc1ccccc1. The molecule has 3 unspecified atom stereocenters. The van der Waals surface area contributed by atoms with Crippen LogP contribution < -0.4 is 14.2 Å². The molecule has 12 heteroatoms. The van der Waals surface area contributed by atoms with Crippen LogP contribution in [0.4, 0.5) is 0 Å². The van der Waals surface area contributed by atoms with E-state index >= 15 is 0 Å². The Morgan fingerprint density at radius 2 is 1.02 bits per heavy atom. The predicted molar refractivity (Wildman–Crippen MR) is 192 cm³/mol. The number of carbonyl (C=O) groups is 1. The van der Waals surface area contributed by atoms with Gasteiger partial charge in [-0.2, -0.15) is 0 Å². The van der Waals surface area contributed by atoms with Crippen LogP contribution >= 0.6 is 26.8 Å². The second-order valence-electron chi connectivity index (χ2n) is 10.5. The van der Waals surface area contributed by atoms with Crippen LogP contribution in [0, 0.1) is 0 Å². The molecule has 0 amide bonds. The summed E-state index contributed by atoms with van der Waals surface area (Å²) in [5.41, 5.74) is 0. The van der Waals surface area contributed by atoms with Gasteiger partial charge in [-0.1, -0.05) is 0 Å². The average molecular weight is 798 g/mol. The molecule has 3 N–H and O–H groups in total. The van der Waals surface area contributed by atoms with Gasteiger partial charge in [0.05, 0.1) is 0 Å². The number of para-hydroxylation sites is 3. The van der Waals surface area contributed by atoms with Gasteiger partial charge >= 0.3 is 287 Å². The van der Waals surface area contributed by atoms with Gasteiger partial charge in [-0.15, -0.1) is 0 Å². The van der Waals surface area contributed by atoms with E-state index in [0.29, 0.717) is 45.6 Å². The number of aliphatic hydroxyl groups is 3. The molecule has 3 atom stereocenters. The summed E-state index contributed by atoms with van der Waals surface area (Å²) < 4.78 is 23.4. The van der Waals surface area contributed by atoms with E-state index in [4.69, 9.17) is 18.9 Å². The topological polar surface area (TPSA) is 115 Å². The molecule has 0 fully saturated rings. The van der Waals surface area contributed by atoms with Gasteiger partial charge in [0, 0.05) is 0 Å². The molecule has 0 saturated carbocycles. The number of rotatable bonds is 24. The molecule has 0 aliphatic heterocycles. The maximum absolute atomic E-state index is 12.7. The fourth-order valence-corrected chi connectivity index (χ4v) is 40.3. The molecule has 3 rings (SSSR count). The van der Waals surface area contributed by atoms with E-state index in [9.17, 15) is 20.1 Å². The molecule has 0 aliphatic carbocycles. The Balaban J connectivity index is 1.68. The Morgan fingerprint density at radius 1 is 0.652 bits per heavy atom. The zero-order valence-corrected chi connectivity index (χ0v) is 31.6. The van der Waals surface area contributed by atoms with Crippen molar-refractivity contribution >= 4 is 47.0 Å². The van der Waals surface area contributed by atoms with Crippen LogP contribution in [0.25, 0.3) is 0 Å². The van der Waals surface area contributed by atoms with Crippen molar-refractivity contribution in [3.63, 3.8) is 0 Å². The third-order valence-electron chi connectivity index (χ3n) is 6.44. The van der Waals surface area contributed by atoms with Crippen molar-refractivity contribution in [2.45, 2.75) is 48.9 Å².